The van der Waals surface area contributed by atoms with Crippen LogP contribution in [0.3, 0.4) is 0 Å². The first-order valence-corrected chi connectivity index (χ1v) is 7.15. The molecule has 4 nitrogen and oxygen atoms in total. The molecule has 1 unspecified atom stereocenters. The fourth-order valence-corrected chi connectivity index (χ4v) is 2.50. The number of hydrogen-bond donors (Lipinski definition) is 2. The Morgan fingerprint density at radius 3 is 3.05 bits per heavy atom. The molecule has 1 fully saturated rings. The van der Waals surface area contributed by atoms with E-state index in [-0.39, 0.29) is 24.2 Å². The molecule has 21 heavy (non-hydrogen) atoms. The molecule has 0 bridgehead atoms. The third kappa shape index (κ3) is 4.59. The normalized spacial score (nSPS) is 20.2. The first kappa shape index (κ1) is 15.6. The predicted molar refractivity (Wildman–Crippen MR) is 80.9 cm³/mol. The summed E-state index contributed by atoms with van der Waals surface area (Å²) < 4.78 is 5.65. The average Bonchev–Trinajstić information content (AvgIpc) is 2.44. The number of ether oxygens (including phenoxy) is 1. The minimum absolute atomic E-state index is 0.0923. The van der Waals surface area contributed by atoms with E-state index in [0.29, 0.717) is 12.2 Å². The molecular weight excluding hydrogens is 266 g/mol. The van der Waals surface area contributed by atoms with E-state index in [1.165, 1.54) is 0 Å². The second-order valence-corrected chi connectivity index (χ2v) is 5.81. The highest BCUT2D eigenvalue weighted by atomic mass is 16.5. The van der Waals surface area contributed by atoms with Gasteiger partial charge in [0, 0.05) is 23.8 Å². The van der Waals surface area contributed by atoms with E-state index >= 15 is 0 Å². The second-order valence-electron chi connectivity index (χ2n) is 5.81. The summed E-state index contributed by atoms with van der Waals surface area (Å²) in [4.78, 5) is 12.3. The van der Waals surface area contributed by atoms with Crippen LogP contribution >= 0.6 is 0 Å². The van der Waals surface area contributed by atoms with Gasteiger partial charge in [0.2, 0.25) is 0 Å². The van der Waals surface area contributed by atoms with Gasteiger partial charge in [0.1, 0.15) is 6.61 Å². The molecule has 0 saturated carbocycles. The highest BCUT2D eigenvalue weighted by Crippen LogP contribution is 2.24. The van der Waals surface area contributed by atoms with Crippen LogP contribution in [0.2, 0.25) is 0 Å². The number of carbonyl (C=O) groups excluding carboxylic acids is 1. The van der Waals surface area contributed by atoms with Gasteiger partial charge in [-0.05, 0) is 44.9 Å². The molecule has 0 aromatic heterocycles. The van der Waals surface area contributed by atoms with E-state index in [1.54, 1.807) is 18.2 Å². The number of hydrogen-bond acceptors (Lipinski definition) is 3. The van der Waals surface area contributed by atoms with Gasteiger partial charge < -0.3 is 15.2 Å². The summed E-state index contributed by atoms with van der Waals surface area (Å²) in [6.45, 7) is 4.56. The summed E-state index contributed by atoms with van der Waals surface area (Å²) in [5.74, 6) is 5.29. The first-order chi connectivity index (χ1) is 10.00. The Hall–Kier alpha value is -1.83. The van der Waals surface area contributed by atoms with Crippen molar-refractivity contribution in [2.24, 2.45) is 0 Å². The van der Waals surface area contributed by atoms with E-state index in [1.807, 2.05) is 19.9 Å². The predicted octanol–water partition coefficient (Wildman–Crippen LogP) is 1.72. The van der Waals surface area contributed by atoms with E-state index in [4.69, 9.17) is 9.84 Å². The molecule has 2 N–H and O–H groups in total. The third-order valence-corrected chi connectivity index (χ3v) is 3.47. The molecule has 1 atom stereocenters. The van der Waals surface area contributed by atoms with Crippen LogP contribution in [0.25, 0.3) is 0 Å². The molecule has 1 saturated heterocycles. The topological polar surface area (TPSA) is 58.6 Å². The highest BCUT2D eigenvalue weighted by molar-refractivity contribution is 5.94. The lowest BCUT2D eigenvalue weighted by molar-refractivity contribution is -0.0615. The standard InChI is InChI=1S/C17H21NO3/c1-17(2)12-15(8-10-21-17)18-16(20)14-7-3-5-13(11-14)6-4-9-19/h3,5,7,11,15,19H,8-10,12H2,1-2H3,(H,18,20). The molecule has 1 aromatic rings. The SMILES string of the molecule is CC1(C)CC(NC(=O)c2cccc(C#CCO)c2)CCO1. The van der Waals surface area contributed by atoms with Crippen LogP contribution in [-0.2, 0) is 4.74 Å². The van der Waals surface area contributed by atoms with Crippen molar-refractivity contribution in [3.8, 4) is 11.8 Å². The second kappa shape index (κ2) is 6.75. The van der Waals surface area contributed by atoms with Gasteiger partial charge in [-0.3, -0.25) is 4.79 Å². The van der Waals surface area contributed by atoms with Crippen molar-refractivity contribution in [1.29, 1.82) is 0 Å². The molecule has 1 aliphatic rings. The number of amides is 1. The number of rotatable bonds is 2. The molecule has 1 aliphatic heterocycles. The van der Waals surface area contributed by atoms with Crippen molar-refractivity contribution in [2.75, 3.05) is 13.2 Å². The van der Waals surface area contributed by atoms with Crippen LogP contribution < -0.4 is 5.32 Å². The van der Waals surface area contributed by atoms with Crippen LogP contribution in [0.5, 0.6) is 0 Å². The summed E-state index contributed by atoms with van der Waals surface area (Å²) in [5, 5.41) is 11.8. The van der Waals surface area contributed by atoms with Gasteiger partial charge in [-0.1, -0.05) is 17.9 Å². The van der Waals surface area contributed by atoms with E-state index in [2.05, 4.69) is 17.2 Å². The molecule has 2 rings (SSSR count). The maximum atomic E-state index is 12.3. The van der Waals surface area contributed by atoms with Crippen molar-refractivity contribution in [3.05, 3.63) is 35.4 Å². The summed E-state index contributed by atoms with van der Waals surface area (Å²) in [5.41, 5.74) is 1.12. The molecule has 0 radical (unpaired) electrons. The van der Waals surface area contributed by atoms with Gasteiger partial charge in [-0.25, -0.2) is 0 Å². The van der Waals surface area contributed by atoms with Crippen molar-refractivity contribution >= 4 is 5.91 Å². The monoisotopic (exact) mass is 287 g/mol. The van der Waals surface area contributed by atoms with Crippen LogP contribution in [-0.4, -0.2) is 35.9 Å². The average molecular weight is 287 g/mol. The fourth-order valence-electron chi connectivity index (χ4n) is 2.50. The molecule has 112 valence electrons. The molecule has 0 spiro atoms. The Bertz CT molecular complexity index is 569. The molecule has 1 aromatic carbocycles. The molecule has 1 amide bonds. The minimum atomic E-state index is -0.190. The molecule has 4 heteroatoms. The van der Waals surface area contributed by atoms with Crippen molar-refractivity contribution in [3.63, 3.8) is 0 Å². The summed E-state index contributed by atoms with van der Waals surface area (Å²) in [6, 6.07) is 7.25. The quantitative estimate of drug-likeness (QED) is 0.814. The zero-order valence-corrected chi connectivity index (χ0v) is 12.5. The zero-order chi connectivity index (χ0) is 15.3. The highest BCUT2D eigenvalue weighted by Gasteiger charge is 2.29. The maximum absolute atomic E-state index is 12.3. The van der Waals surface area contributed by atoms with Gasteiger partial charge >= 0.3 is 0 Å². The van der Waals surface area contributed by atoms with Gasteiger partial charge in [0.05, 0.1) is 5.60 Å². The fraction of sp³-hybridized carbons (Fsp3) is 0.471. The van der Waals surface area contributed by atoms with Gasteiger partial charge in [-0.15, -0.1) is 0 Å². The van der Waals surface area contributed by atoms with Gasteiger partial charge in [0.15, 0.2) is 0 Å². The lowest BCUT2D eigenvalue weighted by Gasteiger charge is -2.35. The van der Waals surface area contributed by atoms with Crippen molar-refractivity contribution in [1.82, 2.24) is 5.32 Å². The summed E-state index contributed by atoms with van der Waals surface area (Å²) >= 11 is 0. The lowest BCUT2D eigenvalue weighted by atomic mass is 9.93. The summed E-state index contributed by atoms with van der Waals surface area (Å²) in [7, 11) is 0. The smallest absolute Gasteiger partial charge is 0.251 e. The zero-order valence-electron chi connectivity index (χ0n) is 12.5. The largest absolute Gasteiger partial charge is 0.384 e. The van der Waals surface area contributed by atoms with E-state index in [9.17, 15) is 4.79 Å². The molecule has 1 heterocycles. The minimum Gasteiger partial charge on any atom is -0.384 e. The van der Waals surface area contributed by atoms with Crippen LogP contribution in [0.1, 0.15) is 42.6 Å². The van der Waals surface area contributed by atoms with Crippen LogP contribution in [0, 0.1) is 11.8 Å². The Morgan fingerprint density at radius 2 is 2.33 bits per heavy atom. The van der Waals surface area contributed by atoms with E-state index in [0.717, 1.165) is 18.4 Å². The van der Waals surface area contributed by atoms with E-state index < -0.39 is 0 Å². The number of aliphatic hydroxyl groups is 1. The maximum Gasteiger partial charge on any atom is 0.251 e. The Balaban J connectivity index is 2.03. The van der Waals surface area contributed by atoms with Crippen LogP contribution in [0.4, 0.5) is 0 Å². The Kier molecular flexibility index (Phi) is 5.00. The number of carbonyl (C=O) groups is 1. The molecular formula is C17H21NO3. The van der Waals surface area contributed by atoms with Crippen molar-refractivity contribution in [2.45, 2.75) is 38.3 Å². The van der Waals surface area contributed by atoms with Crippen molar-refractivity contribution < 1.29 is 14.6 Å². The van der Waals surface area contributed by atoms with Gasteiger partial charge in [0.25, 0.3) is 5.91 Å². The Labute approximate surface area is 125 Å². The third-order valence-electron chi connectivity index (χ3n) is 3.47. The first-order valence-electron chi connectivity index (χ1n) is 7.15. The number of aliphatic hydroxyl groups excluding tert-OH is 1. The Morgan fingerprint density at radius 1 is 1.52 bits per heavy atom. The summed E-state index contributed by atoms with van der Waals surface area (Å²) in [6.07, 6.45) is 1.64. The number of nitrogens with one attached hydrogen (secondary N) is 1. The number of benzene rings is 1. The van der Waals surface area contributed by atoms with Crippen LogP contribution in [0.15, 0.2) is 24.3 Å². The molecule has 0 aliphatic carbocycles. The van der Waals surface area contributed by atoms with Gasteiger partial charge in [-0.2, -0.15) is 0 Å². The lowest BCUT2D eigenvalue weighted by Crippen LogP contribution is -2.45.